The Kier molecular flexibility index (Phi) is 11.1. The summed E-state index contributed by atoms with van der Waals surface area (Å²) in [5, 5.41) is 9.20. The lowest BCUT2D eigenvalue weighted by molar-refractivity contribution is 0.284. The number of halogens is 2. The highest BCUT2D eigenvalue weighted by molar-refractivity contribution is 6.34. The molecule has 1 aliphatic rings. The summed E-state index contributed by atoms with van der Waals surface area (Å²) in [6, 6.07) is 16.3. The number of rotatable bonds is 12. The molecule has 2 atom stereocenters. The zero-order valence-electron chi connectivity index (χ0n) is 23.9. The minimum Gasteiger partial charge on any atom is -0.463 e. The molecule has 40 heavy (non-hydrogen) atoms. The summed E-state index contributed by atoms with van der Waals surface area (Å²) in [6.45, 7) is 6.02. The highest BCUT2D eigenvalue weighted by Gasteiger charge is 2.27. The predicted molar refractivity (Wildman–Crippen MR) is 167 cm³/mol. The first-order valence-electron chi connectivity index (χ1n) is 14.1. The van der Waals surface area contributed by atoms with Crippen LogP contribution >= 0.6 is 11.6 Å². The lowest BCUT2D eigenvalue weighted by Gasteiger charge is -2.19. The Labute approximate surface area is 242 Å². The number of benzene rings is 3. The third-order valence-electron chi connectivity index (χ3n) is 7.41. The molecule has 0 bridgehead atoms. The van der Waals surface area contributed by atoms with Crippen LogP contribution in [-0.4, -0.2) is 70.6 Å². The van der Waals surface area contributed by atoms with E-state index in [4.69, 9.17) is 16.3 Å². The van der Waals surface area contributed by atoms with Crippen molar-refractivity contribution >= 4 is 40.8 Å². The van der Waals surface area contributed by atoms with E-state index in [1.807, 2.05) is 55.6 Å². The van der Waals surface area contributed by atoms with Crippen molar-refractivity contribution in [1.82, 2.24) is 15.5 Å². The molecule has 1 fully saturated rings. The van der Waals surface area contributed by atoms with Crippen molar-refractivity contribution < 1.29 is 9.13 Å². The van der Waals surface area contributed by atoms with E-state index in [1.54, 1.807) is 0 Å². The predicted octanol–water partition coefficient (Wildman–Crippen LogP) is 6.62. The summed E-state index contributed by atoms with van der Waals surface area (Å²) >= 11 is 6.84. The SMILES string of the molecule is C=NC(=Nc1c(CC2CCC(CNC)N2)cc(Cl)c(-c2cccc3ccccc23)c1F)OCCCCCN(C)C. The molecule has 0 aliphatic carbocycles. The zero-order valence-corrected chi connectivity index (χ0v) is 24.6. The van der Waals surface area contributed by atoms with Gasteiger partial charge in [-0.15, -0.1) is 0 Å². The molecule has 4 rings (SSSR count). The Balaban J connectivity index is 1.68. The van der Waals surface area contributed by atoms with Gasteiger partial charge >= 0.3 is 6.02 Å². The van der Waals surface area contributed by atoms with Crippen LogP contribution in [0.1, 0.15) is 37.7 Å². The Hall–Kier alpha value is -2.84. The van der Waals surface area contributed by atoms with E-state index < -0.39 is 5.82 Å². The highest BCUT2D eigenvalue weighted by atomic mass is 35.5. The first kappa shape index (κ1) is 30.1. The van der Waals surface area contributed by atoms with Gasteiger partial charge in [0.2, 0.25) is 0 Å². The number of fused-ring (bicyclic) bond motifs is 1. The van der Waals surface area contributed by atoms with E-state index in [0.29, 0.717) is 29.7 Å². The summed E-state index contributed by atoms with van der Waals surface area (Å²) in [4.78, 5) is 10.8. The standard InChI is InChI=1S/C32H41ClFN5O/c1-35-21-25-16-15-24(37-25)19-23-20-28(33)29(27-14-10-12-22-11-6-7-13-26(22)27)30(34)31(23)38-32(36-2)40-18-9-5-8-17-39(3)4/h6-7,10-14,20,24-25,35,37H,2,5,8-9,15-19,21H2,1,3-4H3. The third-order valence-corrected chi connectivity index (χ3v) is 7.70. The van der Waals surface area contributed by atoms with Gasteiger partial charge in [-0.25, -0.2) is 9.38 Å². The Morgan fingerprint density at radius 2 is 1.90 bits per heavy atom. The lowest BCUT2D eigenvalue weighted by atomic mass is 9.94. The van der Waals surface area contributed by atoms with E-state index in [0.717, 1.165) is 67.1 Å². The number of aliphatic imine (C=N–C) groups is 2. The summed E-state index contributed by atoms with van der Waals surface area (Å²) in [5.74, 6) is -0.473. The van der Waals surface area contributed by atoms with Gasteiger partial charge in [-0.05, 0) is 101 Å². The number of hydrogen-bond donors (Lipinski definition) is 2. The first-order valence-corrected chi connectivity index (χ1v) is 14.5. The monoisotopic (exact) mass is 565 g/mol. The fourth-order valence-corrected chi connectivity index (χ4v) is 5.76. The highest BCUT2D eigenvalue weighted by Crippen LogP contribution is 2.42. The van der Waals surface area contributed by atoms with Crippen LogP contribution in [0.15, 0.2) is 58.5 Å². The average Bonchev–Trinajstić information content (AvgIpc) is 3.38. The molecule has 3 aromatic rings. The normalized spacial score (nSPS) is 17.6. The smallest absolute Gasteiger partial charge is 0.316 e. The van der Waals surface area contributed by atoms with Crippen molar-refractivity contribution in [2.75, 3.05) is 40.8 Å². The van der Waals surface area contributed by atoms with Gasteiger partial charge in [0.05, 0.1) is 11.6 Å². The Morgan fingerprint density at radius 1 is 1.12 bits per heavy atom. The molecule has 1 aliphatic heterocycles. The van der Waals surface area contributed by atoms with Crippen LogP contribution in [0, 0.1) is 5.82 Å². The van der Waals surface area contributed by atoms with Gasteiger partial charge in [0.15, 0.2) is 5.82 Å². The van der Waals surface area contributed by atoms with Crippen molar-refractivity contribution in [3.63, 3.8) is 0 Å². The second-order valence-corrected chi connectivity index (χ2v) is 11.2. The van der Waals surface area contributed by atoms with Crippen LogP contribution in [0.3, 0.4) is 0 Å². The van der Waals surface area contributed by atoms with Crippen LogP contribution in [-0.2, 0) is 11.2 Å². The second kappa shape index (κ2) is 14.7. The molecule has 0 saturated carbocycles. The zero-order chi connectivity index (χ0) is 28.5. The molecule has 1 saturated heterocycles. The molecule has 1 heterocycles. The largest absolute Gasteiger partial charge is 0.463 e. The molecule has 2 unspecified atom stereocenters. The van der Waals surface area contributed by atoms with Crippen LogP contribution < -0.4 is 10.6 Å². The molecule has 6 nitrogen and oxygen atoms in total. The number of likely N-dealkylation sites (N-methyl/N-ethyl adjacent to an activating group) is 1. The molecular formula is C32H41ClFN5O. The maximum atomic E-state index is 16.6. The summed E-state index contributed by atoms with van der Waals surface area (Å²) < 4.78 is 22.5. The van der Waals surface area contributed by atoms with Gasteiger partial charge in [-0.2, -0.15) is 4.99 Å². The summed E-state index contributed by atoms with van der Waals surface area (Å²) in [7, 11) is 6.08. The van der Waals surface area contributed by atoms with Crippen LogP contribution in [0.4, 0.5) is 10.1 Å². The molecular weight excluding hydrogens is 525 g/mol. The third kappa shape index (κ3) is 7.67. The minimum atomic E-state index is -0.473. The number of unbranched alkanes of at least 4 members (excludes halogenated alkanes) is 2. The van der Waals surface area contributed by atoms with Gasteiger partial charge in [0.25, 0.3) is 0 Å². The number of ether oxygens (including phenoxy) is 1. The molecule has 0 spiro atoms. The lowest BCUT2D eigenvalue weighted by Crippen LogP contribution is -2.37. The van der Waals surface area contributed by atoms with Gasteiger partial charge in [-0.1, -0.05) is 54.1 Å². The second-order valence-electron chi connectivity index (χ2n) is 10.7. The van der Waals surface area contributed by atoms with Gasteiger partial charge < -0.3 is 20.3 Å². The van der Waals surface area contributed by atoms with Crippen LogP contribution in [0.2, 0.25) is 5.02 Å². The maximum Gasteiger partial charge on any atom is 0.316 e. The Bertz CT molecular complexity index is 1320. The molecule has 3 aromatic carbocycles. The van der Waals surface area contributed by atoms with Crippen molar-refractivity contribution in [2.24, 2.45) is 9.98 Å². The molecule has 0 amide bonds. The molecule has 2 N–H and O–H groups in total. The van der Waals surface area contributed by atoms with Crippen molar-refractivity contribution in [3.8, 4) is 11.1 Å². The summed E-state index contributed by atoms with van der Waals surface area (Å²) in [5.41, 5.74) is 2.00. The topological polar surface area (TPSA) is 61.3 Å². The number of nitrogens with one attached hydrogen (secondary N) is 2. The molecule has 8 heteroatoms. The number of hydrogen-bond acceptors (Lipinski definition) is 5. The van der Waals surface area contributed by atoms with E-state index in [1.165, 1.54) is 0 Å². The van der Waals surface area contributed by atoms with Crippen LogP contribution in [0.25, 0.3) is 21.9 Å². The number of amidine groups is 1. The number of nitrogens with zero attached hydrogens (tertiary/aromatic N) is 3. The van der Waals surface area contributed by atoms with E-state index in [-0.39, 0.29) is 17.8 Å². The van der Waals surface area contributed by atoms with Crippen molar-refractivity contribution in [3.05, 3.63) is 64.9 Å². The van der Waals surface area contributed by atoms with Crippen molar-refractivity contribution in [1.29, 1.82) is 0 Å². The van der Waals surface area contributed by atoms with E-state index in [9.17, 15) is 0 Å². The molecule has 214 valence electrons. The van der Waals surface area contributed by atoms with E-state index in [2.05, 4.69) is 46.3 Å². The molecule has 0 radical (unpaired) electrons. The first-order chi connectivity index (χ1) is 19.4. The van der Waals surface area contributed by atoms with Gasteiger partial charge in [-0.3, -0.25) is 0 Å². The minimum absolute atomic E-state index is 0.0754. The summed E-state index contributed by atoms with van der Waals surface area (Å²) in [6.07, 6.45) is 5.62. The quantitative estimate of drug-likeness (QED) is 0.147. The molecule has 0 aromatic heterocycles. The average molecular weight is 566 g/mol. The van der Waals surface area contributed by atoms with Gasteiger partial charge in [0.1, 0.15) is 5.69 Å². The van der Waals surface area contributed by atoms with E-state index >= 15 is 4.39 Å². The van der Waals surface area contributed by atoms with Crippen molar-refractivity contribution in [2.45, 2.75) is 50.6 Å². The van der Waals surface area contributed by atoms with Crippen LogP contribution in [0.5, 0.6) is 0 Å². The fraction of sp³-hybridized carbons (Fsp3) is 0.438. The Morgan fingerprint density at radius 3 is 2.67 bits per heavy atom. The maximum absolute atomic E-state index is 16.6. The van der Waals surface area contributed by atoms with Gasteiger partial charge in [0, 0.05) is 24.2 Å². The fourth-order valence-electron chi connectivity index (χ4n) is 5.44.